The van der Waals surface area contributed by atoms with Crippen molar-refractivity contribution in [3.05, 3.63) is 53.5 Å². The van der Waals surface area contributed by atoms with Gasteiger partial charge in [0.1, 0.15) is 17.8 Å². The second-order valence-electron chi connectivity index (χ2n) is 11.2. The summed E-state index contributed by atoms with van der Waals surface area (Å²) in [4.78, 5) is 35.0. The van der Waals surface area contributed by atoms with Crippen molar-refractivity contribution in [2.75, 3.05) is 19.7 Å². The molecule has 4 aliphatic heterocycles. The molecule has 1 aromatic heterocycles. The molecule has 4 aliphatic rings. The van der Waals surface area contributed by atoms with Crippen LogP contribution in [0.15, 0.2) is 46.0 Å². The van der Waals surface area contributed by atoms with Crippen molar-refractivity contribution in [3.8, 4) is 5.75 Å². The van der Waals surface area contributed by atoms with Crippen LogP contribution >= 0.6 is 0 Å². The zero-order chi connectivity index (χ0) is 28.4. The van der Waals surface area contributed by atoms with Crippen molar-refractivity contribution in [3.63, 3.8) is 0 Å². The molecule has 0 aliphatic carbocycles. The molecular weight excluding hydrogens is 520 g/mol. The molecule has 2 unspecified atom stereocenters. The maximum Gasteiger partial charge on any atom is 0.343 e. The summed E-state index contributed by atoms with van der Waals surface area (Å²) in [6.45, 7) is 4.54. The fourth-order valence-electron chi connectivity index (χ4n) is 6.21. The molecule has 2 amide bonds. The molecule has 1 spiro atoms. The summed E-state index contributed by atoms with van der Waals surface area (Å²) in [5.74, 6) is -2.92. The average molecular weight is 554 g/mol. The minimum Gasteiger partial charge on any atom is -0.492 e. The highest BCUT2D eigenvalue weighted by Crippen LogP contribution is 2.43. The van der Waals surface area contributed by atoms with E-state index in [2.05, 4.69) is 39.8 Å². The number of rotatable bonds is 5. The second-order valence-corrected chi connectivity index (χ2v) is 11.2. The minimum atomic E-state index is -2.58. The predicted molar refractivity (Wildman–Crippen MR) is 141 cm³/mol. The third-order valence-electron chi connectivity index (χ3n) is 8.37. The molecule has 0 radical (unpaired) electrons. The molecule has 10 N–H and O–H groups in total. The van der Waals surface area contributed by atoms with Gasteiger partial charge in [0.2, 0.25) is 5.79 Å². The van der Waals surface area contributed by atoms with Gasteiger partial charge in [0.05, 0.1) is 25.0 Å². The highest BCUT2D eigenvalue weighted by atomic mass is 16.5. The van der Waals surface area contributed by atoms with E-state index in [1.807, 2.05) is 6.07 Å². The van der Waals surface area contributed by atoms with Crippen LogP contribution in [-0.2, 0) is 5.41 Å². The molecule has 14 heteroatoms. The van der Waals surface area contributed by atoms with Crippen LogP contribution in [0.25, 0.3) is 0 Å². The van der Waals surface area contributed by atoms with Crippen LogP contribution < -0.4 is 37.1 Å². The van der Waals surface area contributed by atoms with Crippen LogP contribution in [0.1, 0.15) is 46.7 Å². The van der Waals surface area contributed by atoms with E-state index in [0.717, 1.165) is 12.0 Å². The van der Waals surface area contributed by atoms with E-state index >= 15 is 0 Å². The number of benzene rings is 1. The van der Waals surface area contributed by atoms with Gasteiger partial charge in [0.15, 0.2) is 17.8 Å². The largest absolute Gasteiger partial charge is 0.492 e. The molecule has 1 saturated heterocycles. The highest BCUT2D eigenvalue weighted by molar-refractivity contribution is 5.98. The summed E-state index contributed by atoms with van der Waals surface area (Å²) in [5.41, 5.74) is 11.7. The summed E-state index contributed by atoms with van der Waals surface area (Å²) < 4.78 is 11.0. The van der Waals surface area contributed by atoms with Crippen LogP contribution in [0.2, 0.25) is 0 Å². The van der Waals surface area contributed by atoms with E-state index in [1.54, 1.807) is 18.2 Å². The Bertz CT molecular complexity index is 1420. The Morgan fingerprint density at radius 2 is 2.02 bits per heavy atom. The van der Waals surface area contributed by atoms with Gasteiger partial charge in [-0.2, -0.15) is 0 Å². The summed E-state index contributed by atoms with van der Waals surface area (Å²) >= 11 is 0. The molecule has 5 heterocycles. The van der Waals surface area contributed by atoms with Gasteiger partial charge >= 0.3 is 5.96 Å². The number of furan rings is 1. The molecule has 1 aromatic carbocycles. The van der Waals surface area contributed by atoms with Crippen LogP contribution in [0, 0.1) is 0 Å². The highest BCUT2D eigenvalue weighted by Gasteiger charge is 2.76. The van der Waals surface area contributed by atoms with E-state index in [1.165, 1.54) is 17.2 Å². The molecular formula is C26H33N8O6+. The van der Waals surface area contributed by atoms with Gasteiger partial charge in [0.25, 0.3) is 17.5 Å². The van der Waals surface area contributed by atoms with Gasteiger partial charge in [-0.25, -0.2) is 10.3 Å². The summed E-state index contributed by atoms with van der Waals surface area (Å²) in [6.07, 6.45) is 2.19. The number of fused-ring (bicyclic) bond motifs is 1. The van der Waals surface area contributed by atoms with E-state index in [9.17, 15) is 19.8 Å². The first-order chi connectivity index (χ1) is 19.0. The Kier molecular flexibility index (Phi) is 5.75. The number of hydrogen-bond donors (Lipinski definition) is 8. The topological polar surface area (TPSA) is 215 Å². The molecule has 40 heavy (non-hydrogen) atoms. The van der Waals surface area contributed by atoms with Crippen molar-refractivity contribution in [1.29, 1.82) is 0 Å². The van der Waals surface area contributed by atoms with Crippen LogP contribution in [-0.4, -0.2) is 88.1 Å². The van der Waals surface area contributed by atoms with Crippen LogP contribution in [0.4, 0.5) is 0 Å². The number of para-hydroxylation sites is 1. The fraction of sp³-hybridized carbons (Fsp3) is 0.462. The van der Waals surface area contributed by atoms with Crippen molar-refractivity contribution < 1.29 is 33.9 Å². The summed E-state index contributed by atoms with van der Waals surface area (Å²) in [5, 5.41) is 31.8. The SMILES string of the molecule is CC1(C)CCOc2c(C(=O)NC3CN4C(N)=N[C@@H](CNC(=O)c5ccco5)[C@@H]5[NH+]=C(N)NC54C3(O)O)cccc21. The second kappa shape index (κ2) is 8.86. The molecule has 14 nitrogen and oxygen atoms in total. The Balaban J connectivity index is 1.27. The van der Waals surface area contributed by atoms with Gasteiger partial charge in [-0.15, -0.1) is 0 Å². The number of nitrogens with one attached hydrogen (secondary N) is 4. The number of guanidine groups is 2. The number of nitrogens with zero attached hydrogens (tertiary/aromatic N) is 2. The number of nitrogens with two attached hydrogens (primary N) is 2. The summed E-state index contributed by atoms with van der Waals surface area (Å²) in [7, 11) is 0. The number of carbonyl (C=O) groups excluding carboxylic acids is 2. The minimum absolute atomic E-state index is 0.0103. The molecule has 1 fully saturated rings. The number of aliphatic imine (C=N–C) groups is 1. The number of hydrogen-bond acceptors (Lipinski definition) is 11. The Labute approximate surface area is 229 Å². The van der Waals surface area contributed by atoms with Crippen molar-refractivity contribution in [2.45, 2.75) is 55.3 Å². The number of aliphatic hydroxyl groups is 2. The Morgan fingerprint density at radius 3 is 2.77 bits per heavy atom. The van der Waals surface area contributed by atoms with Crippen molar-refractivity contribution in [2.24, 2.45) is 16.5 Å². The van der Waals surface area contributed by atoms with E-state index in [4.69, 9.17) is 20.6 Å². The Hall–Kier alpha value is -4.30. The van der Waals surface area contributed by atoms with Crippen molar-refractivity contribution >= 4 is 23.7 Å². The molecule has 2 aromatic rings. The fourth-order valence-corrected chi connectivity index (χ4v) is 6.21. The molecule has 6 rings (SSSR count). The molecule has 0 saturated carbocycles. The quantitative estimate of drug-likeness (QED) is 0.172. The third kappa shape index (κ3) is 3.70. The van der Waals surface area contributed by atoms with Gasteiger partial charge in [-0.1, -0.05) is 26.0 Å². The maximum absolute atomic E-state index is 13.6. The lowest BCUT2D eigenvalue weighted by Gasteiger charge is -2.46. The van der Waals surface area contributed by atoms with Crippen LogP contribution in [0.3, 0.4) is 0 Å². The maximum atomic E-state index is 13.6. The Morgan fingerprint density at radius 1 is 1.23 bits per heavy atom. The molecule has 0 bridgehead atoms. The molecule has 4 atom stereocenters. The number of amides is 2. The predicted octanol–water partition coefficient (Wildman–Crippen LogP) is -3.38. The van der Waals surface area contributed by atoms with E-state index in [-0.39, 0.29) is 36.2 Å². The van der Waals surface area contributed by atoms with Gasteiger partial charge in [-0.05, 0) is 30.0 Å². The zero-order valence-corrected chi connectivity index (χ0v) is 22.1. The zero-order valence-electron chi connectivity index (χ0n) is 22.1. The van der Waals surface area contributed by atoms with Gasteiger partial charge in [-0.3, -0.25) is 25.2 Å². The van der Waals surface area contributed by atoms with Gasteiger partial charge < -0.3 is 35.7 Å². The lowest BCUT2D eigenvalue weighted by Crippen LogP contribution is -2.90. The first kappa shape index (κ1) is 26.0. The van der Waals surface area contributed by atoms with E-state index < -0.39 is 41.4 Å². The first-order valence-corrected chi connectivity index (χ1v) is 13.1. The lowest BCUT2D eigenvalue weighted by molar-refractivity contribution is -0.521. The smallest absolute Gasteiger partial charge is 0.343 e. The first-order valence-electron chi connectivity index (χ1n) is 13.1. The molecule has 212 valence electrons. The average Bonchev–Trinajstić information content (AvgIpc) is 3.61. The van der Waals surface area contributed by atoms with E-state index in [0.29, 0.717) is 17.9 Å². The number of carbonyl (C=O) groups is 2. The monoisotopic (exact) mass is 553 g/mol. The van der Waals surface area contributed by atoms with Crippen LogP contribution in [0.5, 0.6) is 5.75 Å². The summed E-state index contributed by atoms with van der Waals surface area (Å²) in [6, 6.07) is 5.66. The van der Waals surface area contributed by atoms with Crippen molar-refractivity contribution in [1.82, 2.24) is 20.9 Å². The van der Waals surface area contributed by atoms with Gasteiger partial charge in [0, 0.05) is 12.1 Å². The number of ether oxygens (including phenoxy) is 1. The normalized spacial score (nSPS) is 29.1. The lowest BCUT2D eigenvalue weighted by atomic mass is 9.79. The standard InChI is InChI=1S/C26H32N8O6/c1-24(2)8-10-40-18-13(5-3-6-14(18)24)20(35)31-17-12-34-23(28)30-15(11-29-21(36)16-7-4-9-39-16)19-25(34,26(17,37)38)33-22(27)32-19/h3-7,9,15,17,19,37-38H,8,10-12H2,1-2H3,(H2,28,30)(H,29,36)(H,31,35)(H3,27,32,33)/p+1/t15-,17?,19-,25?/m0/s1. The third-order valence-corrected chi connectivity index (χ3v) is 8.37.